The van der Waals surface area contributed by atoms with Crippen LogP contribution in [0.5, 0.6) is 0 Å². The quantitative estimate of drug-likeness (QED) is 0.780. The van der Waals surface area contributed by atoms with E-state index >= 15 is 0 Å². The zero-order chi connectivity index (χ0) is 15.4. The lowest BCUT2D eigenvalue weighted by atomic mass is 9.81. The van der Waals surface area contributed by atoms with Crippen molar-refractivity contribution in [3.63, 3.8) is 0 Å². The van der Waals surface area contributed by atoms with Crippen LogP contribution in [0.2, 0.25) is 0 Å². The van der Waals surface area contributed by atoms with E-state index in [-0.39, 0.29) is 18.1 Å². The predicted octanol–water partition coefficient (Wildman–Crippen LogP) is 0.862. The molecule has 6 heteroatoms. The predicted molar refractivity (Wildman–Crippen MR) is 79.1 cm³/mol. The number of carbonyl (C=O) groups is 1. The van der Waals surface area contributed by atoms with Gasteiger partial charge in [0.05, 0.1) is 26.3 Å². The molecule has 1 amide bonds. The molecule has 2 fully saturated rings. The van der Waals surface area contributed by atoms with Crippen LogP contribution in [0.3, 0.4) is 0 Å². The first-order valence-corrected chi connectivity index (χ1v) is 7.61. The van der Waals surface area contributed by atoms with Gasteiger partial charge in [-0.15, -0.1) is 0 Å². The van der Waals surface area contributed by atoms with Crippen molar-refractivity contribution in [2.75, 3.05) is 40.0 Å². The number of pyridine rings is 1. The van der Waals surface area contributed by atoms with Gasteiger partial charge in [0.2, 0.25) is 5.91 Å². The standard InChI is InChI=1S/C16H22N2O4/c1-20-10-15(19)18-11-16(12-18)14(4-7-22-16)9-21-8-13-2-5-17-6-3-13/h2-3,5-6,14H,4,7-12H2,1H3/t14-/m0/s1. The minimum atomic E-state index is -0.207. The van der Waals surface area contributed by atoms with Gasteiger partial charge >= 0.3 is 0 Å². The SMILES string of the molecule is COCC(=O)N1CC2(C1)OCC[C@H]2COCc1ccncc1. The topological polar surface area (TPSA) is 60.9 Å². The molecule has 2 aliphatic rings. The summed E-state index contributed by atoms with van der Waals surface area (Å²) in [6.07, 6.45) is 4.52. The number of likely N-dealkylation sites (tertiary alicyclic amines) is 1. The molecule has 2 aliphatic heterocycles. The van der Waals surface area contributed by atoms with Crippen LogP contribution in [0, 0.1) is 5.92 Å². The average Bonchev–Trinajstić information content (AvgIpc) is 2.91. The second-order valence-electron chi connectivity index (χ2n) is 5.95. The minimum Gasteiger partial charge on any atom is -0.376 e. The third kappa shape index (κ3) is 3.14. The van der Waals surface area contributed by atoms with Crippen LogP contribution < -0.4 is 0 Å². The highest BCUT2D eigenvalue weighted by molar-refractivity contribution is 5.78. The summed E-state index contributed by atoms with van der Waals surface area (Å²) < 4.78 is 16.7. The van der Waals surface area contributed by atoms with Gasteiger partial charge in [-0.1, -0.05) is 0 Å². The fraction of sp³-hybridized carbons (Fsp3) is 0.625. The van der Waals surface area contributed by atoms with E-state index in [2.05, 4.69) is 4.98 Å². The number of amides is 1. The zero-order valence-corrected chi connectivity index (χ0v) is 12.9. The highest BCUT2D eigenvalue weighted by atomic mass is 16.5. The first-order chi connectivity index (χ1) is 10.7. The molecule has 0 N–H and O–H groups in total. The summed E-state index contributed by atoms with van der Waals surface area (Å²) in [6, 6.07) is 3.91. The van der Waals surface area contributed by atoms with Gasteiger partial charge < -0.3 is 19.1 Å². The molecule has 0 unspecified atom stereocenters. The average molecular weight is 306 g/mol. The summed E-state index contributed by atoms with van der Waals surface area (Å²) in [6.45, 7) is 3.43. The number of rotatable bonds is 6. The van der Waals surface area contributed by atoms with Gasteiger partial charge in [-0.2, -0.15) is 0 Å². The van der Waals surface area contributed by atoms with Gasteiger partial charge in [0.25, 0.3) is 0 Å². The second kappa shape index (κ2) is 6.73. The summed E-state index contributed by atoms with van der Waals surface area (Å²) in [5.41, 5.74) is 0.912. The van der Waals surface area contributed by atoms with Crippen molar-refractivity contribution in [3.05, 3.63) is 30.1 Å². The van der Waals surface area contributed by atoms with Gasteiger partial charge in [-0.3, -0.25) is 9.78 Å². The summed E-state index contributed by atoms with van der Waals surface area (Å²) in [5, 5.41) is 0. The normalized spacial score (nSPS) is 22.8. The third-order valence-electron chi connectivity index (χ3n) is 4.47. The molecule has 3 heterocycles. The van der Waals surface area contributed by atoms with E-state index in [9.17, 15) is 4.79 Å². The van der Waals surface area contributed by atoms with Crippen molar-refractivity contribution < 1.29 is 19.0 Å². The lowest BCUT2D eigenvalue weighted by molar-refractivity contribution is -0.172. The summed E-state index contributed by atoms with van der Waals surface area (Å²) >= 11 is 0. The van der Waals surface area contributed by atoms with Crippen LogP contribution >= 0.6 is 0 Å². The molecular weight excluding hydrogens is 284 g/mol. The van der Waals surface area contributed by atoms with Crippen molar-refractivity contribution in [3.8, 4) is 0 Å². The number of hydrogen-bond acceptors (Lipinski definition) is 5. The number of carbonyl (C=O) groups excluding carboxylic acids is 1. The molecule has 0 aliphatic carbocycles. The number of ether oxygens (including phenoxy) is 3. The van der Waals surface area contributed by atoms with E-state index in [0.29, 0.717) is 32.2 Å². The van der Waals surface area contributed by atoms with E-state index in [1.54, 1.807) is 17.3 Å². The molecule has 1 atom stereocenters. The maximum absolute atomic E-state index is 11.8. The fourth-order valence-electron chi connectivity index (χ4n) is 3.16. The minimum absolute atomic E-state index is 0.0279. The van der Waals surface area contributed by atoms with Crippen molar-refractivity contribution in [2.45, 2.75) is 18.6 Å². The molecule has 22 heavy (non-hydrogen) atoms. The molecule has 0 saturated carbocycles. The van der Waals surface area contributed by atoms with Crippen LogP contribution in [0.15, 0.2) is 24.5 Å². The Balaban J connectivity index is 1.47. The lowest BCUT2D eigenvalue weighted by Gasteiger charge is -2.50. The highest BCUT2D eigenvalue weighted by Gasteiger charge is 2.54. The van der Waals surface area contributed by atoms with E-state index in [4.69, 9.17) is 14.2 Å². The summed E-state index contributed by atoms with van der Waals surface area (Å²) in [5.74, 6) is 0.376. The number of aromatic nitrogens is 1. The Bertz CT molecular complexity index is 502. The Morgan fingerprint density at radius 2 is 2.23 bits per heavy atom. The first kappa shape index (κ1) is 15.4. The van der Waals surface area contributed by atoms with Crippen LogP contribution in [0.1, 0.15) is 12.0 Å². The maximum Gasteiger partial charge on any atom is 0.248 e. The largest absolute Gasteiger partial charge is 0.376 e. The summed E-state index contributed by atoms with van der Waals surface area (Å²) in [7, 11) is 1.54. The van der Waals surface area contributed by atoms with E-state index in [1.165, 1.54) is 7.11 Å². The number of methoxy groups -OCH3 is 1. The van der Waals surface area contributed by atoms with Gasteiger partial charge in [-0.05, 0) is 24.1 Å². The van der Waals surface area contributed by atoms with Gasteiger partial charge in [0, 0.05) is 32.0 Å². The monoisotopic (exact) mass is 306 g/mol. The van der Waals surface area contributed by atoms with E-state index in [0.717, 1.165) is 18.6 Å². The molecule has 3 rings (SSSR count). The Morgan fingerprint density at radius 1 is 1.45 bits per heavy atom. The number of nitrogens with zero attached hydrogens (tertiary/aromatic N) is 2. The van der Waals surface area contributed by atoms with Crippen LogP contribution in [0.4, 0.5) is 0 Å². The molecule has 1 aromatic heterocycles. The van der Waals surface area contributed by atoms with Crippen LogP contribution in [-0.2, 0) is 25.6 Å². The smallest absolute Gasteiger partial charge is 0.248 e. The van der Waals surface area contributed by atoms with E-state index < -0.39 is 0 Å². The molecule has 1 spiro atoms. The third-order valence-corrected chi connectivity index (χ3v) is 4.47. The van der Waals surface area contributed by atoms with Crippen molar-refractivity contribution in [1.29, 1.82) is 0 Å². The van der Waals surface area contributed by atoms with Crippen LogP contribution in [-0.4, -0.2) is 61.4 Å². The Morgan fingerprint density at radius 3 is 2.95 bits per heavy atom. The zero-order valence-electron chi connectivity index (χ0n) is 12.9. The van der Waals surface area contributed by atoms with Gasteiger partial charge in [0.15, 0.2) is 0 Å². The Kier molecular flexibility index (Phi) is 4.71. The summed E-state index contributed by atoms with van der Waals surface area (Å²) in [4.78, 5) is 17.6. The van der Waals surface area contributed by atoms with Gasteiger partial charge in [-0.25, -0.2) is 0 Å². The Labute approximate surface area is 130 Å². The Hall–Kier alpha value is -1.50. The van der Waals surface area contributed by atoms with Crippen LogP contribution in [0.25, 0.3) is 0 Å². The molecular formula is C16H22N2O4. The van der Waals surface area contributed by atoms with Gasteiger partial charge in [0.1, 0.15) is 12.2 Å². The second-order valence-corrected chi connectivity index (χ2v) is 5.95. The molecule has 0 aromatic carbocycles. The van der Waals surface area contributed by atoms with Crippen molar-refractivity contribution in [1.82, 2.24) is 9.88 Å². The van der Waals surface area contributed by atoms with E-state index in [1.807, 2.05) is 12.1 Å². The molecule has 1 aromatic rings. The fourth-order valence-corrected chi connectivity index (χ4v) is 3.16. The lowest BCUT2D eigenvalue weighted by Crippen LogP contribution is -2.67. The highest BCUT2D eigenvalue weighted by Crippen LogP contribution is 2.40. The molecule has 2 saturated heterocycles. The first-order valence-electron chi connectivity index (χ1n) is 7.61. The molecule has 0 bridgehead atoms. The molecule has 120 valence electrons. The number of hydrogen-bond donors (Lipinski definition) is 0. The van der Waals surface area contributed by atoms with Crippen molar-refractivity contribution >= 4 is 5.91 Å². The van der Waals surface area contributed by atoms with Crippen molar-refractivity contribution in [2.24, 2.45) is 5.92 Å². The molecule has 0 radical (unpaired) electrons. The maximum atomic E-state index is 11.8. The molecule has 6 nitrogen and oxygen atoms in total.